The number of nitrogens with zero attached hydrogens (tertiary/aromatic N) is 3. The van der Waals surface area contributed by atoms with Crippen LogP contribution in [0, 0.1) is 11.8 Å². The molecule has 0 unspecified atom stereocenters. The van der Waals surface area contributed by atoms with Crippen molar-refractivity contribution in [3.8, 4) is 5.75 Å². The van der Waals surface area contributed by atoms with Gasteiger partial charge in [-0.3, -0.25) is 14.4 Å². The summed E-state index contributed by atoms with van der Waals surface area (Å²) in [4.78, 5) is 39.8. The molecular formula is C28H31N3O5. The first kappa shape index (κ1) is 25.4. The summed E-state index contributed by atoms with van der Waals surface area (Å²) in [6.07, 6.45) is 4.09. The lowest BCUT2D eigenvalue weighted by molar-refractivity contribution is -0.133. The standard InChI is InChI=1S/C28H31N3O5/c1-28(19-36-28)27(34)23(15-20-6-4-3-5-7-20)17-26(33)22(14-21-8-10-25(35-2)11-9-21)16-24(32)18-31-13-12-29-30-31/h3-13,22-23H,14-19H2,1-2H3/t22-,23-,28-/m1/s1. The van der Waals surface area contributed by atoms with E-state index in [0.29, 0.717) is 19.4 Å². The van der Waals surface area contributed by atoms with E-state index in [2.05, 4.69) is 10.3 Å². The molecule has 0 saturated carbocycles. The number of hydrogen-bond acceptors (Lipinski definition) is 7. The maximum absolute atomic E-state index is 13.7. The Morgan fingerprint density at radius 3 is 2.28 bits per heavy atom. The van der Waals surface area contributed by atoms with E-state index in [0.717, 1.165) is 16.9 Å². The average Bonchev–Trinajstić information content (AvgIpc) is 3.43. The Bertz CT molecular complexity index is 1170. The fourth-order valence-electron chi connectivity index (χ4n) is 4.43. The number of rotatable bonds is 14. The lowest BCUT2D eigenvalue weighted by Crippen LogP contribution is -2.34. The molecule has 1 saturated heterocycles. The second-order valence-corrected chi connectivity index (χ2v) is 9.53. The van der Waals surface area contributed by atoms with Crippen molar-refractivity contribution in [3.05, 3.63) is 78.1 Å². The van der Waals surface area contributed by atoms with Gasteiger partial charge in [0.25, 0.3) is 0 Å². The Hall–Kier alpha value is -3.65. The van der Waals surface area contributed by atoms with E-state index in [1.165, 1.54) is 10.9 Å². The molecule has 36 heavy (non-hydrogen) atoms. The van der Waals surface area contributed by atoms with E-state index in [9.17, 15) is 14.4 Å². The van der Waals surface area contributed by atoms with E-state index < -0.39 is 17.4 Å². The van der Waals surface area contributed by atoms with Gasteiger partial charge in [0.2, 0.25) is 0 Å². The van der Waals surface area contributed by atoms with Crippen LogP contribution in [-0.2, 0) is 38.5 Å². The molecule has 0 bridgehead atoms. The lowest BCUT2D eigenvalue weighted by Gasteiger charge is -2.21. The van der Waals surface area contributed by atoms with Crippen LogP contribution >= 0.6 is 0 Å². The third-order valence-electron chi connectivity index (χ3n) is 6.62. The van der Waals surface area contributed by atoms with Crippen molar-refractivity contribution in [1.29, 1.82) is 0 Å². The highest BCUT2D eigenvalue weighted by atomic mass is 16.6. The molecule has 2 heterocycles. The molecule has 0 amide bonds. The first-order chi connectivity index (χ1) is 17.4. The van der Waals surface area contributed by atoms with Gasteiger partial charge in [-0.25, -0.2) is 4.68 Å². The average molecular weight is 490 g/mol. The Labute approximate surface area is 210 Å². The second-order valence-electron chi connectivity index (χ2n) is 9.53. The van der Waals surface area contributed by atoms with Crippen LogP contribution in [0.2, 0.25) is 0 Å². The van der Waals surface area contributed by atoms with Gasteiger partial charge in [0.15, 0.2) is 11.6 Å². The number of epoxide rings is 1. The smallest absolute Gasteiger partial charge is 0.170 e. The summed E-state index contributed by atoms with van der Waals surface area (Å²) < 4.78 is 12.1. The summed E-state index contributed by atoms with van der Waals surface area (Å²) >= 11 is 0. The summed E-state index contributed by atoms with van der Waals surface area (Å²) in [6.45, 7) is 2.19. The topological polar surface area (TPSA) is 104 Å². The van der Waals surface area contributed by atoms with Crippen molar-refractivity contribution in [1.82, 2.24) is 15.0 Å². The number of ether oxygens (including phenoxy) is 2. The number of hydrogen-bond donors (Lipinski definition) is 0. The maximum Gasteiger partial charge on any atom is 0.170 e. The molecule has 1 aromatic heterocycles. The Balaban J connectivity index is 1.52. The van der Waals surface area contributed by atoms with Crippen molar-refractivity contribution in [3.63, 3.8) is 0 Å². The van der Waals surface area contributed by atoms with Gasteiger partial charge in [-0.05, 0) is 43.0 Å². The van der Waals surface area contributed by atoms with E-state index in [-0.39, 0.29) is 36.7 Å². The second kappa shape index (κ2) is 11.4. The molecule has 0 radical (unpaired) electrons. The predicted octanol–water partition coefficient (Wildman–Crippen LogP) is 3.28. The van der Waals surface area contributed by atoms with Crippen LogP contribution in [0.4, 0.5) is 0 Å². The van der Waals surface area contributed by atoms with Crippen LogP contribution in [0.5, 0.6) is 5.75 Å². The number of aromatic nitrogens is 3. The van der Waals surface area contributed by atoms with Crippen LogP contribution in [0.1, 0.15) is 30.9 Å². The van der Waals surface area contributed by atoms with Gasteiger partial charge >= 0.3 is 0 Å². The van der Waals surface area contributed by atoms with Crippen LogP contribution in [-0.4, -0.2) is 51.7 Å². The minimum atomic E-state index is -0.825. The molecule has 0 spiro atoms. The number of ketones is 3. The maximum atomic E-state index is 13.7. The fourth-order valence-corrected chi connectivity index (χ4v) is 4.43. The van der Waals surface area contributed by atoms with Gasteiger partial charge in [-0.2, -0.15) is 0 Å². The highest BCUT2D eigenvalue weighted by Gasteiger charge is 2.50. The van der Waals surface area contributed by atoms with Gasteiger partial charge < -0.3 is 9.47 Å². The summed E-state index contributed by atoms with van der Waals surface area (Å²) in [7, 11) is 1.60. The predicted molar refractivity (Wildman–Crippen MR) is 132 cm³/mol. The Kier molecular flexibility index (Phi) is 8.05. The summed E-state index contributed by atoms with van der Waals surface area (Å²) in [6, 6.07) is 17.1. The normalized spacial score (nSPS) is 18.3. The van der Waals surface area contributed by atoms with Crippen LogP contribution in [0.15, 0.2) is 67.0 Å². The molecule has 0 aliphatic carbocycles. The van der Waals surface area contributed by atoms with Crippen molar-refractivity contribution >= 4 is 17.3 Å². The van der Waals surface area contributed by atoms with Gasteiger partial charge in [0, 0.05) is 30.9 Å². The molecular weight excluding hydrogens is 458 g/mol. The summed E-state index contributed by atoms with van der Waals surface area (Å²) in [5.41, 5.74) is 1.08. The van der Waals surface area contributed by atoms with Gasteiger partial charge in [0.1, 0.15) is 23.7 Å². The van der Waals surface area contributed by atoms with Gasteiger partial charge in [-0.15, -0.1) is 5.10 Å². The molecule has 4 rings (SSSR count). The van der Waals surface area contributed by atoms with E-state index >= 15 is 0 Å². The molecule has 8 nitrogen and oxygen atoms in total. The Morgan fingerprint density at radius 1 is 1.00 bits per heavy atom. The minimum Gasteiger partial charge on any atom is -0.497 e. The quantitative estimate of drug-likeness (QED) is 0.320. The molecule has 1 fully saturated rings. The third-order valence-corrected chi connectivity index (χ3v) is 6.62. The largest absolute Gasteiger partial charge is 0.497 e. The number of benzene rings is 2. The lowest BCUT2D eigenvalue weighted by atomic mass is 9.80. The number of carbonyl (C=O) groups excluding carboxylic acids is 3. The van der Waals surface area contributed by atoms with Crippen molar-refractivity contribution in [2.45, 2.75) is 44.8 Å². The van der Waals surface area contributed by atoms with Gasteiger partial charge in [0.05, 0.1) is 19.9 Å². The zero-order valence-corrected chi connectivity index (χ0v) is 20.6. The first-order valence-electron chi connectivity index (χ1n) is 12.1. The third kappa shape index (κ3) is 6.73. The van der Waals surface area contributed by atoms with Crippen LogP contribution < -0.4 is 4.74 Å². The molecule has 0 N–H and O–H groups in total. The number of Topliss-reactive ketones (excluding diaryl/α,β-unsaturated/α-hetero) is 3. The molecule has 3 aromatic rings. The van der Waals surface area contributed by atoms with E-state index in [4.69, 9.17) is 9.47 Å². The Morgan fingerprint density at radius 2 is 1.67 bits per heavy atom. The highest BCUT2D eigenvalue weighted by Crippen LogP contribution is 2.33. The zero-order valence-electron chi connectivity index (χ0n) is 20.6. The minimum absolute atomic E-state index is 0.0463. The fraction of sp³-hybridized carbons (Fsp3) is 0.393. The SMILES string of the molecule is COc1ccc(C[C@H](CC(=O)Cn2ccnn2)C(=O)C[C@@H](Cc2ccccc2)C(=O)[C@@]2(C)CO2)cc1. The first-order valence-corrected chi connectivity index (χ1v) is 12.1. The number of methoxy groups -OCH3 is 1. The molecule has 3 atom stereocenters. The van der Waals surface area contributed by atoms with Crippen molar-refractivity contribution in [2.75, 3.05) is 13.7 Å². The van der Waals surface area contributed by atoms with Crippen molar-refractivity contribution in [2.24, 2.45) is 11.8 Å². The molecule has 188 valence electrons. The molecule has 1 aliphatic heterocycles. The highest BCUT2D eigenvalue weighted by molar-refractivity contribution is 5.96. The molecule has 2 aromatic carbocycles. The summed E-state index contributed by atoms with van der Waals surface area (Å²) in [5.74, 6) is -0.636. The van der Waals surface area contributed by atoms with Crippen LogP contribution in [0.3, 0.4) is 0 Å². The molecule has 1 aliphatic rings. The number of carbonyl (C=O) groups is 3. The van der Waals surface area contributed by atoms with E-state index in [1.807, 2.05) is 54.6 Å². The summed E-state index contributed by atoms with van der Waals surface area (Å²) in [5, 5.41) is 7.59. The molecule has 8 heteroatoms. The van der Waals surface area contributed by atoms with E-state index in [1.54, 1.807) is 20.2 Å². The zero-order chi connectivity index (χ0) is 25.5. The van der Waals surface area contributed by atoms with Crippen molar-refractivity contribution < 1.29 is 23.9 Å². The monoisotopic (exact) mass is 489 g/mol. The van der Waals surface area contributed by atoms with Crippen LogP contribution in [0.25, 0.3) is 0 Å². The van der Waals surface area contributed by atoms with Gasteiger partial charge in [-0.1, -0.05) is 47.7 Å².